The number of para-hydroxylation sites is 1. The molecule has 0 aliphatic heterocycles. The van der Waals surface area contributed by atoms with E-state index in [2.05, 4.69) is 32.7 Å². The highest BCUT2D eigenvalue weighted by Gasteiger charge is 2.14. The van der Waals surface area contributed by atoms with Crippen LogP contribution in [-0.4, -0.2) is 31.3 Å². The predicted octanol–water partition coefficient (Wildman–Crippen LogP) is 4.28. The van der Waals surface area contributed by atoms with Crippen LogP contribution in [0.5, 0.6) is 0 Å². The Balaban J connectivity index is 1.62. The molecule has 0 atom stereocenters. The molecule has 0 amide bonds. The van der Waals surface area contributed by atoms with Gasteiger partial charge in [-0.15, -0.1) is 10.2 Å². The van der Waals surface area contributed by atoms with Gasteiger partial charge in [0.05, 0.1) is 11.3 Å². The molecular formula is C20H18N4OS. The topological polar surface area (TPSA) is 60.7 Å². The highest BCUT2D eigenvalue weighted by atomic mass is 32.2. The number of fused-ring (bicyclic) bond motifs is 3. The van der Waals surface area contributed by atoms with Crippen LogP contribution in [0.2, 0.25) is 0 Å². The van der Waals surface area contributed by atoms with Gasteiger partial charge in [-0.2, -0.15) is 0 Å². The maximum atomic E-state index is 12.4. The monoisotopic (exact) mass is 362 g/mol. The zero-order valence-corrected chi connectivity index (χ0v) is 15.5. The molecule has 4 rings (SSSR count). The van der Waals surface area contributed by atoms with Crippen molar-refractivity contribution in [2.45, 2.75) is 25.5 Å². The highest BCUT2D eigenvalue weighted by molar-refractivity contribution is 7.99. The van der Waals surface area contributed by atoms with Crippen molar-refractivity contribution in [3.05, 3.63) is 59.7 Å². The minimum Gasteiger partial charge on any atom is -0.324 e. The standard InChI is InChI=1S/C20H18N4OS/c1-3-24-16-7-5-4-6-15(16)18-19(24)21-20(23-22-18)26-12-17(25)14-10-8-13(2)9-11-14/h4-11H,3,12H2,1-2H3. The lowest BCUT2D eigenvalue weighted by Gasteiger charge is -2.03. The molecule has 5 nitrogen and oxygen atoms in total. The van der Waals surface area contributed by atoms with Crippen LogP contribution in [-0.2, 0) is 6.54 Å². The van der Waals surface area contributed by atoms with Crippen LogP contribution in [0.4, 0.5) is 0 Å². The molecule has 0 aliphatic carbocycles. The van der Waals surface area contributed by atoms with Crippen molar-refractivity contribution in [3.63, 3.8) is 0 Å². The van der Waals surface area contributed by atoms with Gasteiger partial charge >= 0.3 is 0 Å². The van der Waals surface area contributed by atoms with Crippen LogP contribution in [0, 0.1) is 6.92 Å². The van der Waals surface area contributed by atoms with Crippen molar-refractivity contribution < 1.29 is 4.79 Å². The largest absolute Gasteiger partial charge is 0.324 e. The molecule has 0 fully saturated rings. The van der Waals surface area contributed by atoms with Crippen LogP contribution in [0.25, 0.3) is 22.1 Å². The summed E-state index contributed by atoms with van der Waals surface area (Å²) in [5.74, 6) is 0.359. The number of aryl methyl sites for hydroxylation is 2. The quantitative estimate of drug-likeness (QED) is 0.392. The van der Waals surface area contributed by atoms with Gasteiger partial charge in [-0.25, -0.2) is 4.98 Å². The van der Waals surface area contributed by atoms with Crippen molar-refractivity contribution >= 4 is 39.6 Å². The molecule has 2 aromatic carbocycles. The number of aromatic nitrogens is 4. The lowest BCUT2D eigenvalue weighted by Crippen LogP contribution is -2.04. The third kappa shape index (κ3) is 2.97. The first kappa shape index (κ1) is 16.7. The van der Waals surface area contributed by atoms with Crippen molar-refractivity contribution in [2.24, 2.45) is 0 Å². The number of ketones is 1. The average Bonchev–Trinajstić information content (AvgIpc) is 2.99. The summed E-state index contributed by atoms with van der Waals surface area (Å²) in [6, 6.07) is 15.7. The summed E-state index contributed by atoms with van der Waals surface area (Å²) in [6.07, 6.45) is 0. The van der Waals surface area contributed by atoms with E-state index in [0.29, 0.717) is 16.5 Å². The van der Waals surface area contributed by atoms with E-state index in [1.54, 1.807) is 0 Å². The van der Waals surface area contributed by atoms with E-state index < -0.39 is 0 Å². The Morgan fingerprint density at radius 3 is 2.62 bits per heavy atom. The zero-order chi connectivity index (χ0) is 18.1. The number of benzene rings is 2. The summed E-state index contributed by atoms with van der Waals surface area (Å²) in [6.45, 7) is 4.89. The average molecular weight is 362 g/mol. The molecule has 26 heavy (non-hydrogen) atoms. The van der Waals surface area contributed by atoms with Gasteiger partial charge in [0, 0.05) is 17.5 Å². The fourth-order valence-corrected chi connectivity index (χ4v) is 3.70. The van der Waals surface area contributed by atoms with E-state index in [9.17, 15) is 4.79 Å². The Morgan fingerprint density at radius 2 is 1.85 bits per heavy atom. The van der Waals surface area contributed by atoms with Crippen LogP contribution in [0.3, 0.4) is 0 Å². The van der Waals surface area contributed by atoms with Gasteiger partial charge in [-0.1, -0.05) is 59.8 Å². The second kappa shape index (κ2) is 6.88. The molecule has 0 saturated heterocycles. The first-order valence-electron chi connectivity index (χ1n) is 8.51. The summed E-state index contributed by atoms with van der Waals surface area (Å²) in [7, 11) is 0. The van der Waals surface area contributed by atoms with E-state index in [-0.39, 0.29) is 5.78 Å². The summed E-state index contributed by atoms with van der Waals surface area (Å²) in [4.78, 5) is 17.0. The number of hydrogen-bond acceptors (Lipinski definition) is 5. The number of carbonyl (C=O) groups excluding carboxylic acids is 1. The molecule has 0 saturated carbocycles. The normalized spacial score (nSPS) is 11.3. The maximum absolute atomic E-state index is 12.4. The van der Waals surface area contributed by atoms with Gasteiger partial charge in [-0.3, -0.25) is 4.79 Å². The lowest BCUT2D eigenvalue weighted by atomic mass is 10.1. The van der Waals surface area contributed by atoms with E-state index in [4.69, 9.17) is 0 Å². The number of nitrogens with zero attached hydrogens (tertiary/aromatic N) is 4. The SMILES string of the molecule is CCn1c2ccccc2c2nnc(SCC(=O)c3ccc(C)cc3)nc21. The fraction of sp³-hybridized carbons (Fsp3) is 0.200. The minimum atomic E-state index is 0.0646. The van der Waals surface area contributed by atoms with E-state index >= 15 is 0 Å². The molecule has 2 aromatic heterocycles. The first-order valence-corrected chi connectivity index (χ1v) is 9.50. The van der Waals surface area contributed by atoms with Gasteiger partial charge in [-0.05, 0) is 19.9 Å². The fourth-order valence-electron chi connectivity index (χ4n) is 3.02. The van der Waals surface area contributed by atoms with Gasteiger partial charge in [0.2, 0.25) is 5.16 Å². The number of Topliss-reactive ketones (excluding diaryl/α,β-unsaturated/α-hetero) is 1. The highest BCUT2D eigenvalue weighted by Crippen LogP contribution is 2.27. The first-order chi connectivity index (χ1) is 12.7. The third-order valence-corrected chi connectivity index (χ3v) is 5.21. The van der Waals surface area contributed by atoms with Crippen molar-refractivity contribution in [2.75, 3.05) is 5.75 Å². The maximum Gasteiger partial charge on any atom is 0.211 e. The molecule has 6 heteroatoms. The summed E-state index contributed by atoms with van der Waals surface area (Å²) in [5.41, 5.74) is 4.56. The Hall–Kier alpha value is -2.73. The second-order valence-electron chi connectivity index (χ2n) is 6.11. The molecule has 0 N–H and O–H groups in total. The predicted molar refractivity (Wildman–Crippen MR) is 105 cm³/mol. The minimum absolute atomic E-state index is 0.0646. The van der Waals surface area contributed by atoms with Gasteiger partial charge in [0.15, 0.2) is 11.4 Å². The number of carbonyl (C=O) groups is 1. The van der Waals surface area contributed by atoms with E-state index in [1.165, 1.54) is 11.8 Å². The number of thioether (sulfide) groups is 1. The molecule has 0 aliphatic rings. The Kier molecular flexibility index (Phi) is 4.42. The second-order valence-corrected chi connectivity index (χ2v) is 7.05. The lowest BCUT2D eigenvalue weighted by molar-refractivity contribution is 0.102. The molecule has 130 valence electrons. The summed E-state index contributed by atoms with van der Waals surface area (Å²) < 4.78 is 2.13. The molecule has 0 unspecified atom stereocenters. The van der Waals surface area contributed by atoms with Crippen LogP contribution < -0.4 is 0 Å². The molecular weight excluding hydrogens is 344 g/mol. The Labute approximate surface area is 155 Å². The van der Waals surface area contributed by atoms with Crippen molar-refractivity contribution in [1.82, 2.24) is 19.7 Å². The van der Waals surface area contributed by atoms with Gasteiger partial charge in [0.1, 0.15) is 5.52 Å². The van der Waals surface area contributed by atoms with E-state index in [0.717, 1.165) is 34.2 Å². The summed E-state index contributed by atoms with van der Waals surface area (Å²) >= 11 is 1.32. The number of rotatable bonds is 5. The molecule has 2 heterocycles. The van der Waals surface area contributed by atoms with Gasteiger partial charge in [0.25, 0.3) is 0 Å². The molecule has 0 radical (unpaired) electrons. The summed E-state index contributed by atoms with van der Waals surface area (Å²) in [5, 5.41) is 10.2. The molecule has 0 spiro atoms. The molecule has 4 aromatic rings. The van der Waals surface area contributed by atoms with Crippen LogP contribution in [0.15, 0.2) is 53.7 Å². The van der Waals surface area contributed by atoms with Crippen molar-refractivity contribution in [3.8, 4) is 0 Å². The van der Waals surface area contributed by atoms with E-state index in [1.807, 2.05) is 49.4 Å². The van der Waals surface area contributed by atoms with Gasteiger partial charge < -0.3 is 4.57 Å². The zero-order valence-electron chi connectivity index (χ0n) is 14.6. The van der Waals surface area contributed by atoms with Crippen molar-refractivity contribution in [1.29, 1.82) is 0 Å². The van der Waals surface area contributed by atoms with Crippen LogP contribution in [0.1, 0.15) is 22.8 Å². The third-order valence-electron chi connectivity index (χ3n) is 4.38. The Morgan fingerprint density at radius 1 is 1.08 bits per heavy atom. The molecule has 0 bridgehead atoms. The Bertz CT molecular complexity index is 1100. The number of hydrogen-bond donors (Lipinski definition) is 0. The van der Waals surface area contributed by atoms with Crippen LogP contribution >= 0.6 is 11.8 Å². The smallest absolute Gasteiger partial charge is 0.211 e.